The number of aliphatic hydroxyl groups is 1. The molecule has 1 aliphatic heterocycles. The first-order valence-corrected chi connectivity index (χ1v) is 9.00. The van der Waals surface area contributed by atoms with E-state index in [2.05, 4.69) is 10.6 Å². The van der Waals surface area contributed by atoms with Crippen molar-refractivity contribution in [3.05, 3.63) is 34.9 Å². The average molecular weight is 382 g/mol. The number of urea groups is 1. The molecule has 4 amide bonds. The van der Waals surface area contributed by atoms with E-state index >= 15 is 0 Å². The van der Waals surface area contributed by atoms with E-state index in [1.54, 1.807) is 24.3 Å². The van der Waals surface area contributed by atoms with Crippen LogP contribution in [0.1, 0.15) is 32.3 Å². The molecule has 3 atom stereocenters. The largest absolute Gasteiger partial charge is 0.394 e. The fourth-order valence-electron chi connectivity index (χ4n) is 2.79. The molecule has 2 rings (SSSR count). The molecule has 8 heteroatoms. The van der Waals surface area contributed by atoms with Crippen LogP contribution in [-0.2, 0) is 16.1 Å². The standard InChI is InChI=1S/C18H24ClN3O4/c1-3-11(2)15(10-23)20-16(24)8-14-17(25)22(18(26)21-14)9-12-5-4-6-13(19)7-12/h4-7,11,14-15,23H,3,8-10H2,1-2H3,(H,20,24)(H,21,26)/t11-,14+,15-/m0/s1. The number of imide groups is 1. The van der Waals surface area contributed by atoms with Gasteiger partial charge in [0.05, 0.1) is 25.6 Å². The van der Waals surface area contributed by atoms with Gasteiger partial charge in [0.2, 0.25) is 5.91 Å². The zero-order valence-electron chi connectivity index (χ0n) is 14.9. The van der Waals surface area contributed by atoms with Crippen LogP contribution in [0, 0.1) is 5.92 Å². The zero-order chi connectivity index (χ0) is 19.3. The van der Waals surface area contributed by atoms with Crippen molar-refractivity contribution in [2.45, 2.75) is 45.3 Å². The van der Waals surface area contributed by atoms with Gasteiger partial charge < -0.3 is 15.7 Å². The molecular formula is C18H24ClN3O4. The molecule has 26 heavy (non-hydrogen) atoms. The highest BCUT2D eigenvalue weighted by molar-refractivity contribution is 6.30. The van der Waals surface area contributed by atoms with Gasteiger partial charge in [0.25, 0.3) is 5.91 Å². The lowest BCUT2D eigenvalue weighted by atomic mass is 9.99. The van der Waals surface area contributed by atoms with Gasteiger partial charge in [-0.25, -0.2) is 4.79 Å². The van der Waals surface area contributed by atoms with Gasteiger partial charge in [0.15, 0.2) is 0 Å². The summed E-state index contributed by atoms with van der Waals surface area (Å²) in [4.78, 5) is 37.8. The van der Waals surface area contributed by atoms with Crippen LogP contribution < -0.4 is 10.6 Å². The van der Waals surface area contributed by atoms with Crippen molar-refractivity contribution in [3.63, 3.8) is 0 Å². The minimum absolute atomic E-state index is 0.0927. The number of halogens is 1. The van der Waals surface area contributed by atoms with Crippen LogP contribution in [0.3, 0.4) is 0 Å². The van der Waals surface area contributed by atoms with Crippen molar-refractivity contribution >= 4 is 29.4 Å². The molecule has 3 N–H and O–H groups in total. The first-order valence-electron chi connectivity index (χ1n) is 8.62. The highest BCUT2D eigenvalue weighted by atomic mass is 35.5. The first kappa shape index (κ1) is 20.2. The lowest BCUT2D eigenvalue weighted by molar-refractivity contribution is -0.131. The molecule has 1 aliphatic rings. The topological polar surface area (TPSA) is 98.7 Å². The molecule has 142 valence electrons. The number of benzene rings is 1. The number of nitrogens with zero attached hydrogens (tertiary/aromatic N) is 1. The van der Waals surface area contributed by atoms with Gasteiger partial charge in [0.1, 0.15) is 6.04 Å². The zero-order valence-corrected chi connectivity index (χ0v) is 15.6. The number of hydrogen-bond donors (Lipinski definition) is 3. The summed E-state index contributed by atoms with van der Waals surface area (Å²) in [6, 6.07) is 5.09. The predicted molar refractivity (Wildman–Crippen MR) is 97.4 cm³/mol. The number of hydrogen-bond acceptors (Lipinski definition) is 4. The molecule has 1 saturated heterocycles. The maximum absolute atomic E-state index is 12.5. The van der Waals surface area contributed by atoms with E-state index in [1.165, 1.54) is 0 Å². The number of rotatable bonds is 8. The molecule has 0 spiro atoms. The van der Waals surface area contributed by atoms with Crippen molar-refractivity contribution in [2.24, 2.45) is 5.92 Å². The quantitative estimate of drug-likeness (QED) is 0.596. The number of carbonyl (C=O) groups excluding carboxylic acids is 3. The Labute approximate surface area is 157 Å². The smallest absolute Gasteiger partial charge is 0.325 e. The molecule has 0 unspecified atom stereocenters. The molecular weight excluding hydrogens is 358 g/mol. The Bertz CT molecular complexity index is 682. The van der Waals surface area contributed by atoms with Crippen LogP contribution in [0.4, 0.5) is 4.79 Å². The van der Waals surface area contributed by atoms with Gasteiger partial charge in [-0.2, -0.15) is 0 Å². The van der Waals surface area contributed by atoms with Crippen LogP contribution >= 0.6 is 11.6 Å². The lowest BCUT2D eigenvalue weighted by Gasteiger charge is -2.22. The van der Waals surface area contributed by atoms with Gasteiger partial charge in [-0.15, -0.1) is 0 Å². The SMILES string of the molecule is CC[C@H](C)[C@H](CO)NC(=O)C[C@H]1NC(=O)N(Cc2cccc(Cl)c2)C1=O. The predicted octanol–water partition coefficient (Wildman–Crippen LogP) is 1.67. The summed E-state index contributed by atoms with van der Waals surface area (Å²) < 4.78 is 0. The molecule has 1 aromatic carbocycles. The lowest BCUT2D eigenvalue weighted by Crippen LogP contribution is -2.44. The second-order valence-corrected chi connectivity index (χ2v) is 6.94. The van der Waals surface area contributed by atoms with E-state index in [9.17, 15) is 19.5 Å². The number of carbonyl (C=O) groups is 3. The number of amides is 4. The molecule has 0 saturated carbocycles. The summed E-state index contributed by atoms with van der Waals surface area (Å²) in [6.45, 7) is 3.81. The third-order valence-corrected chi connectivity index (χ3v) is 4.84. The van der Waals surface area contributed by atoms with E-state index in [0.717, 1.165) is 16.9 Å². The van der Waals surface area contributed by atoms with E-state index in [0.29, 0.717) is 5.02 Å². The van der Waals surface area contributed by atoms with Crippen LogP contribution in [-0.4, -0.2) is 46.5 Å². The molecule has 0 aromatic heterocycles. The maximum atomic E-state index is 12.5. The maximum Gasteiger partial charge on any atom is 0.325 e. The molecule has 1 aromatic rings. The summed E-state index contributed by atoms with van der Waals surface area (Å²) >= 11 is 5.92. The van der Waals surface area contributed by atoms with Gasteiger partial charge in [-0.05, 0) is 23.6 Å². The van der Waals surface area contributed by atoms with Crippen molar-refractivity contribution in [3.8, 4) is 0 Å². The normalized spacial score (nSPS) is 19.2. The summed E-state index contributed by atoms with van der Waals surface area (Å²) in [6.07, 6.45) is 0.640. The summed E-state index contributed by atoms with van der Waals surface area (Å²) in [5, 5.41) is 15.2. The summed E-state index contributed by atoms with van der Waals surface area (Å²) in [5.41, 5.74) is 0.725. The Kier molecular flexibility index (Phi) is 6.99. The van der Waals surface area contributed by atoms with Gasteiger partial charge in [0, 0.05) is 5.02 Å². The highest BCUT2D eigenvalue weighted by Crippen LogP contribution is 2.17. The third-order valence-electron chi connectivity index (χ3n) is 4.60. The van der Waals surface area contributed by atoms with Crippen molar-refractivity contribution in [1.82, 2.24) is 15.5 Å². The first-order chi connectivity index (χ1) is 12.3. The van der Waals surface area contributed by atoms with E-state index in [1.807, 2.05) is 13.8 Å². The number of aliphatic hydroxyl groups excluding tert-OH is 1. The van der Waals surface area contributed by atoms with Crippen LogP contribution in [0.2, 0.25) is 5.02 Å². The second-order valence-electron chi connectivity index (χ2n) is 6.50. The minimum atomic E-state index is -0.905. The van der Waals surface area contributed by atoms with Crippen LogP contribution in [0.25, 0.3) is 0 Å². The van der Waals surface area contributed by atoms with E-state index < -0.39 is 18.0 Å². The highest BCUT2D eigenvalue weighted by Gasteiger charge is 2.39. The van der Waals surface area contributed by atoms with E-state index in [4.69, 9.17) is 11.6 Å². The Morgan fingerprint density at radius 3 is 2.77 bits per heavy atom. The minimum Gasteiger partial charge on any atom is -0.394 e. The average Bonchev–Trinajstić information content (AvgIpc) is 2.86. The van der Waals surface area contributed by atoms with E-state index in [-0.39, 0.29) is 37.4 Å². The monoisotopic (exact) mass is 381 g/mol. The molecule has 1 fully saturated rings. The second kappa shape index (κ2) is 9.00. The number of nitrogens with one attached hydrogen (secondary N) is 2. The van der Waals surface area contributed by atoms with Crippen LogP contribution in [0.15, 0.2) is 24.3 Å². The Hall–Kier alpha value is -2.12. The fraction of sp³-hybridized carbons (Fsp3) is 0.500. The van der Waals surface area contributed by atoms with Crippen molar-refractivity contribution < 1.29 is 19.5 Å². The third kappa shape index (κ3) is 4.95. The van der Waals surface area contributed by atoms with Gasteiger partial charge in [-0.3, -0.25) is 14.5 Å². The Balaban J connectivity index is 1.96. The molecule has 0 aliphatic carbocycles. The van der Waals surface area contributed by atoms with Gasteiger partial charge in [-0.1, -0.05) is 44.0 Å². The molecule has 0 radical (unpaired) electrons. The fourth-order valence-corrected chi connectivity index (χ4v) is 3.00. The Morgan fingerprint density at radius 2 is 2.15 bits per heavy atom. The van der Waals surface area contributed by atoms with Crippen LogP contribution in [0.5, 0.6) is 0 Å². The summed E-state index contributed by atoms with van der Waals surface area (Å²) in [7, 11) is 0. The van der Waals surface area contributed by atoms with Crippen molar-refractivity contribution in [1.29, 1.82) is 0 Å². The Morgan fingerprint density at radius 1 is 1.42 bits per heavy atom. The molecule has 0 bridgehead atoms. The van der Waals surface area contributed by atoms with Crippen molar-refractivity contribution in [2.75, 3.05) is 6.61 Å². The van der Waals surface area contributed by atoms with Gasteiger partial charge >= 0.3 is 6.03 Å². The molecule has 1 heterocycles. The summed E-state index contributed by atoms with van der Waals surface area (Å²) in [5.74, 6) is -0.723. The molecule has 7 nitrogen and oxygen atoms in total.